The van der Waals surface area contributed by atoms with E-state index in [2.05, 4.69) is 5.32 Å². The maximum Gasteiger partial charge on any atom is 0.416 e. The molecule has 0 radical (unpaired) electrons. The summed E-state index contributed by atoms with van der Waals surface area (Å²) in [5.74, 6) is 0.253. The predicted molar refractivity (Wildman–Crippen MR) is 83.2 cm³/mol. The molecular weight excluding hydrogens is 323 g/mol. The molecule has 0 fully saturated rings. The molecule has 0 aliphatic heterocycles. The Kier molecular flexibility index (Phi) is 5.33. The van der Waals surface area contributed by atoms with Gasteiger partial charge in [0.15, 0.2) is 17.6 Å². The minimum atomic E-state index is -4.47. The van der Waals surface area contributed by atoms with Crippen molar-refractivity contribution < 1.29 is 27.4 Å². The van der Waals surface area contributed by atoms with Crippen LogP contribution in [0.3, 0.4) is 0 Å². The van der Waals surface area contributed by atoms with Gasteiger partial charge in [-0.2, -0.15) is 13.2 Å². The summed E-state index contributed by atoms with van der Waals surface area (Å²) in [7, 11) is 1.47. The summed E-state index contributed by atoms with van der Waals surface area (Å²) in [4.78, 5) is 12.1. The highest BCUT2D eigenvalue weighted by Gasteiger charge is 2.30. The van der Waals surface area contributed by atoms with Crippen molar-refractivity contribution in [2.45, 2.75) is 19.2 Å². The molecule has 0 aliphatic rings. The number of benzene rings is 2. The van der Waals surface area contributed by atoms with Gasteiger partial charge in [-0.05, 0) is 37.3 Å². The molecule has 0 aromatic heterocycles. The summed E-state index contributed by atoms with van der Waals surface area (Å²) in [5, 5.41) is 2.41. The van der Waals surface area contributed by atoms with Crippen molar-refractivity contribution >= 4 is 11.6 Å². The fraction of sp³-hybridized carbons (Fsp3) is 0.235. The summed E-state index contributed by atoms with van der Waals surface area (Å²) in [5.41, 5.74) is -0.788. The first-order valence-electron chi connectivity index (χ1n) is 7.09. The molecule has 0 unspecified atom stereocenters. The van der Waals surface area contributed by atoms with Gasteiger partial charge in [-0.15, -0.1) is 0 Å². The molecule has 4 nitrogen and oxygen atoms in total. The lowest BCUT2D eigenvalue weighted by atomic mass is 10.2. The van der Waals surface area contributed by atoms with E-state index in [1.807, 2.05) is 0 Å². The van der Waals surface area contributed by atoms with Gasteiger partial charge >= 0.3 is 6.18 Å². The summed E-state index contributed by atoms with van der Waals surface area (Å²) in [6.45, 7) is 1.50. The Hall–Kier alpha value is -2.70. The molecule has 0 saturated carbocycles. The first-order chi connectivity index (χ1) is 11.3. The highest BCUT2D eigenvalue weighted by molar-refractivity contribution is 5.94. The Morgan fingerprint density at radius 3 is 2.38 bits per heavy atom. The topological polar surface area (TPSA) is 47.6 Å². The van der Waals surface area contributed by atoms with Crippen LogP contribution < -0.4 is 14.8 Å². The minimum Gasteiger partial charge on any atom is -0.493 e. The number of ether oxygens (including phenoxy) is 2. The maximum atomic E-state index is 12.7. The fourth-order valence-electron chi connectivity index (χ4n) is 1.98. The van der Waals surface area contributed by atoms with Crippen LogP contribution in [0.15, 0.2) is 48.5 Å². The molecule has 1 amide bonds. The largest absolute Gasteiger partial charge is 0.493 e. The van der Waals surface area contributed by atoms with Crippen LogP contribution in [0.5, 0.6) is 11.5 Å². The van der Waals surface area contributed by atoms with Crippen LogP contribution in [0.1, 0.15) is 12.5 Å². The summed E-state index contributed by atoms with van der Waals surface area (Å²) < 4.78 is 48.7. The van der Waals surface area contributed by atoms with Crippen LogP contribution in [0, 0.1) is 0 Å². The number of hydrogen-bond donors (Lipinski definition) is 1. The van der Waals surface area contributed by atoms with Crippen LogP contribution in [0.4, 0.5) is 18.9 Å². The van der Waals surface area contributed by atoms with Crippen molar-refractivity contribution in [2.24, 2.45) is 0 Å². The Balaban J connectivity index is 2.07. The molecule has 1 atom stereocenters. The average Bonchev–Trinajstić information content (AvgIpc) is 2.54. The second-order valence-corrected chi connectivity index (χ2v) is 4.98. The van der Waals surface area contributed by atoms with E-state index in [1.165, 1.54) is 26.2 Å². The molecule has 24 heavy (non-hydrogen) atoms. The van der Waals surface area contributed by atoms with Crippen LogP contribution in [-0.4, -0.2) is 19.1 Å². The van der Waals surface area contributed by atoms with E-state index >= 15 is 0 Å². The summed E-state index contributed by atoms with van der Waals surface area (Å²) in [6.07, 6.45) is -5.39. The smallest absolute Gasteiger partial charge is 0.416 e. The summed E-state index contributed by atoms with van der Waals surface area (Å²) in [6, 6.07) is 11.2. The van der Waals surface area contributed by atoms with Gasteiger partial charge in [0.25, 0.3) is 5.91 Å². The second kappa shape index (κ2) is 7.25. The van der Waals surface area contributed by atoms with E-state index in [4.69, 9.17) is 9.47 Å². The maximum absolute atomic E-state index is 12.7. The fourth-order valence-corrected chi connectivity index (χ4v) is 1.98. The van der Waals surface area contributed by atoms with Gasteiger partial charge in [0, 0.05) is 5.69 Å². The molecule has 1 N–H and O–H groups in total. The molecule has 7 heteroatoms. The third-order valence-corrected chi connectivity index (χ3v) is 3.20. The molecule has 0 aliphatic carbocycles. The quantitative estimate of drug-likeness (QED) is 0.891. The van der Waals surface area contributed by atoms with Crippen molar-refractivity contribution in [2.75, 3.05) is 12.4 Å². The minimum absolute atomic E-state index is 0.0466. The zero-order valence-corrected chi connectivity index (χ0v) is 13.1. The van der Waals surface area contributed by atoms with Crippen molar-refractivity contribution in [1.82, 2.24) is 0 Å². The zero-order valence-electron chi connectivity index (χ0n) is 13.1. The van der Waals surface area contributed by atoms with Gasteiger partial charge in [0.2, 0.25) is 0 Å². The van der Waals surface area contributed by atoms with Gasteiger partial charge in [0.1, 0.15) is 0 Å². The Morgan fingerprint density at radius 1 is 1.08 bits per heavy atom. The number of para-hydroxylation sites is 2. The second-order valence-electron chi connectivity index (χ2n) is 4.98. The number of carbonyl (C=O) groups is 1. The Labute approximate surface area is 137 Å². The van der Waals surface area contributed by atoms with Crippen molar-refractivity contribution in [3.8, 4) is 11.5 Å². The lowest BCUT2D eigenvalue weighted by Crippen LogP contribution is -2.30. The third-order valence-electron chi connectivity index (χ3n) is 3.20. The SMILES string of the molecule is COc1ccccc1O[C@H](C)C(=O)Nc1cccc(C(F)(F)F)c1. The van der Waals surface area contributed by atoms with E-state index in [-0.39, 0.29) is 5.69 Å². The average molecular weight is 339 g/mol. The Morgan fingerprint density at radius 2 is 1.75 bits per heavy atom. The van der Waals surface area contributed by atoms with Crippen LogP contribution in [0.25, 0.3) is 0 Å². The normalized spacial score (nSPS) is 12.4. The van der Waals surface area contributed by atoms with Gasteiger partial charge in [-0.3, -0.25) is 4.79 Å². The monoisotopic (exact) mass is 339 g/mol. The molecule has 2 rings (SSSR count). The number of rotatable bonds is 5. The molecule has 0 heterocycles. The van der Waals surface area contributed by atoms with Crippen LogP contribution >= 0.6 is 0 Å². The molecule has 0 spiro atoms. The molecule has 2 aromatic rings. The molecule has 0 bridgehead atoms. The number of nitrogens with one attached hydrogen (secondary N) is 1. The lowest BCUT2D eigenvalue weighted by Gasteiger charge is -2.17. The number of anilines is 1. The van der Waals surface area contributed by atoms with E-state index in [9.17, 15) is 18.0 Å². The highest BCUT2D eigenvalue weighted by atomic mass is 19.4. The first-order valence-corrected chi connectivity index (χ1v) is 7.09. The standard InChI is InChI=1S/C17H16F3NO3/c1-11(24-15-9-4-3-8-14(15)23-2)16(22)21-13-7-5-6-12(10-13)17(18,19)20/h3-11H,1-2H3,(H,21,22)/t11-/m1/s1. The number of carbonyl (C=O) groups excluding carboxylic acids is 1. The van der Waals surface area contributed by atoms with Gasteiger partial charge in [-0.25, -0.2) is 0 Å². The summed E-state index contributed by atoms with van der Waals surface area (Å²) >= 11 is 0. The number of methoxy groups -OCH3 is 1. The third kappa shape index (κ3) is 4.41. The highest BCUT2D eigenvalue weighted by Crippen LogP contribution is 2.31. The molecular formula is C17H16F3NO3. The Bertz CT molecular complexity index is 716. The number of hydrogen-bond acceptors (Lipinski definition) is 3. The van der Waals surface area contributed by atoms with Crippen molar-refractivity contribution in [3.63, 3.8) is 0 Å². The van der Waals surface area contributed by atoms with Crippen LogP contribution in [0.2, 0.25) is 0 Å². The number of halogens is 3. The zero-order chi connectivity index (χ0) is 17.7. The lowest BCUT2D eigenvalue weighted by molar-refractivity contribution is -0.137. The van der Waals surface area contributed by atoms with E-state index in [0.717, 1.165) is 12.1 Å². The van der Waals surface area contributed by atoms with Gasteiger partial charge in [0.05, 0.1) is 12.7 Å². The van der Waals surface area contributed by atoms with Gasteiger partial charge in [-0.1, -0.05) is 18.2 Å². The van der Waals surface area contributed by atoms with Gasteiger partial charge < -0.3 is 14.8 Å². The molecule has 0 saturated heterocycles. The van der Waals surface area contributed by atoms with Crippen molar-refractivity contribution in [3.05, 3.63) is 54.1 Å². The predicted octanol–water partition coefficient (Wildman–Crippen LogP) is 4.12. The number of amides is 1. The van der Waals surface area contributed by atoms with E-state index in [0.29, 0.717) is 11.5 Å². The number of alkyl halides is 3. The molecule has 128 valence electrons. The van der Waals surface area contributed by atoms with E-state index in [1.54, 1.807) is 24.3 Å². The van der Waals surface area contributed by atoms with Crippen LogP contribution in [-0.2, 0) is 11.0 Å². The first kappa shape index (κ1) is 17.7. The molecule has 2 aromatic carbocycles. The van der Waals surface area contributed by atoms with E-state index < -0.39 is 23.8 Å². The van der Waals surface area contributed by atoms with Crippen molar-refractivity contribution in [1.29, 1.82) is 0 Å².